The minimum Gasteiger partial charge on any atom is -0.322 e. The van der Waals surface area contributed by atoms with E-state index in [1.54, 1.807) is 17.8 Å². The van der Waals surface area contributed by atoms with Crippen molar-refractivity contribution in [3.63, 3.8) is 0 Å². The Morgan fingerprint density at radius 2 is 2.00 bits per heavy atom. The van der Waals surface area contributed by atoms with Crippen LogP contribution in [0.2, 0.25) is 0 Å². The highest BCUT2D eigenvalue weighted by Crippen LogP contribution is 2.36. The molecule has 0 aliphatic rings. The summed E-state index contributed by atoms with van der Waals surface area (Å²) in [5, 5.41) is 6.65. The number of alkyl halides is 3. The van der Waals surface area contributed by atoms with E-state index < -0.39 is 17.6 Å². The molecule has 1 aromatic heterocycles. The number of amides is 1. The van der Waals surface area contributed by atoms with Gasteiger partial charge in [0.2, 0.25) is 5.91 Å². The summed E-state index contributed by atoms with van der Waals surface area (Å²) in [5.74, 6) is -0.520. The molecule has 1 aromatic carbocycles. The van der Waals surface area contributed by atoms with Crippen LogP contribution in [0.3, 0.4) is 0 Å². The molecule has 0 bridgehead atoms. The second-order valence-corrected chi connectivity index (χ2v) is 6.08. The van der Waals surface area contributed by atoms with E-state index in [0.717, 1.165) is 23.0 Å². The number of nitrogens with one attached hydrogen (secondary N) is 1. The Morgan fingerprint density at radius 3 is 2.54 bits per heavy atom. The normalized spacial score (nSPS) is 12.0. The van der Waals surface area contributed by atoms with Crippen LogP contribution in [0.25, 0.3) is 6.08 Å². The summed E-state index contributed by atoms with van der Waals surface area (Å²) in [6, 6.07) is 3.53. The van der Waals surface area contributed by atoms with E-state index in [-0.39, 0.29) is 10.2 Å². The van der Waals surface area contributed by atoms with Gasteiger partial charge in [0.25, 0.3) is 0 Å². The van der Waals surface area contributed by atoms with Gasteiger partial charge in [-0.15, -0.1) is 0 Å². The van der Waals surface area contributed by atoms with Crippen LogP contribution in [0.5, 0.6) is 0 Å². The maximum absolute atomic E-state index is 12.9. The highest BCUT2D eigenvalue weighted by atomic mass is 79.9. The maximum atomic E-state index is 12.9. The molecule has 0 spiro atoms. The van der Waals surface area contributed by atoms with E-state index in [0.29, 0.717) is 0 Å². The molecule has 0 saturated carbocycles. The van der Waals surface area contributed by atoms with Crippen molar-refractivity contribution in [2.24, 2.45) is 7.05 Å². The standard InChI is InChI=1S/C16H15BrF3N3O/c1-9-12(10(2)23(3)22-9)5-7-15(24)21-11-4-6-14(17)13(8-11)16(18,19)20/h4-8H,1-3H3,(H,21,24)/b7-5+. The zero-order valence-electron chi connectivity index (χ0n) is 13.2. The molecule has 0 atom stereocenters. The Hall–Kier alpha value is -2.09. The first-order chi connectivity index (χ1) is 11.1. The first-order valence-electron chi connectivity index (χ1n) is 6.95. The lowest BCUT2D eigenvalue weighted by Gasteiger charge is -2.11. The van der Waals surface area contributed by atoms with Gasteiger partial charge in [-0.1, -0.05) is 15.9 Å². The van der Waals surface area contributed by atoms with Crippen LogP contribution in [0.4, 0.5) is 18.9 Å². The molecule has 0 unspecified atom stereocenters. The zero-order valence-corrected chi connectivity index (χ0v) is 14.8. The number of anilines is 1. The predicted molar refractivity (Wildman–Crippen MR) is 89.5 cm³/mol. The van der Waals surface area contributed by atoms with Gasteiger partial charge in [-0.2, -0.15) is 18.3 Å². The molecule has 0 fully saturated rings. The Labute approximate surface area is 145 Å². The molecule has 4 nitrogen and oxygen atoms in total. The Bertz CT molecular complexity index is 810. The lowest BCUT2D eigenvalue weighted by molar-refractivity contribution is -0.138. The van der Waals surface area contributed by atoms with Gasteiger partial charge in [0.15, 0.2) is 0 Å². The molecule has 0 radical (unpaired) electrons. The topological polar surface area (TPSA) is 46.9 Å². The highest BCUT2D eigenvalue weighted by Gasteiger charge is 2.33. The van der Waals surface area contributed by atoms with E-state index in [1.165, 1.54) is 18.2 Å². The number of aromatic nitrogens is 2. The number of halogens is 4. The van der Waals surface area contributed by atoms with Crippen molar-refractivity contribution < 1.29 is 18.0 Å². The highest BCUT2D eigenvalue weighted by molar-refractivity contribution is 9.10. The molecule has 128 valence electrons. The van der Waals surface area contributed by atoms with Crippen LogP contribution in [0.1, 0.15) is 22.5 Å². The third-order valence-electron chi connectivity index (χ3n) is 3.51. The third kappa shape index (κ3) is 4.05. The predicted octanol–water partition coefficient (Wildman–Crippen LogP) is 4.47. The summed E-state index contributed by atoms with van der Waals surface area (Å²) in [4.78, 5) is 11.9. The van der Waals surface area contributed by atoms with Crippen molar-refractivity contribution in [2.45, 2.75) is 20.0 Å². The van der Waals surface area contributed by atoms with Crippen molar-refractivity contribution in [3.05, 3.63) is 51.3 Å². The van der Waals surface area contributed by atoms with Gasteiger partial charge in [-0.25, -0.2) is 0 Å². The molecule has 0 aliphatic carbocycles. The zero-order chi connectivity index (χ0) is 18.1. The summed E-state index contributed by atoms with van der Waals surface area (Å²) < 4.78 is 40.2. The van der Waals surface area contributed by atoms with Crippen LogP contribution in [-0.4, -0.2) is 15.7 Å². The lowest BCUT2D eigenvalue weighted by Crippen LogP contribution is -2.11. The van der Waals surface area contributed by atoms with Crippen molar-refractivity contribution in [2.75, 3.05) is 5.32 Å². The molecule has 2 aromatic rings. The van der Waals surface area contributed by atoms with E-state index in [1.807, 2.05) is 13.8 Å². The minimum absolute atomic E-state index is 0.0693. The van der Waals surface area contributed by atoms with Gasteiger partial charge in [-0.05, 0) is 38.1 Å². The Kier molecular flexibility index (Phi) is 5.17. The summed E-state index contributed by atoms with van der Waals surface area (Å²) in [6.07, 6.45) is -1.64. The Morgan fingerprint density at radius 1 is 1.33 bits per heavy atom. The fourth-order valence-corrected chi connectivity index (χ4v) is 2.67. The summed E-state index contributed by atoms with van der Waals surface area (Å²) in [5.41, 5.74) is 1.68. The number of aryl methyl sites for hydroxylation is 2. The molecule has 1 N–H and O–H groups in total. The van der Waals surface area contributed by atoms with E-state index in [2.05, 4.69) is 26.3 Å². The van der Waals surface area contributed by atoms with Gasteiger partial charge in [0.05, 0.1) is 11.3 Å². The average molecular weight is 402 g/mol. The number of nitrogens with zero attached hydrogens (tertiary/aromatic N) is 2. The van der Waals surface area contributed by atoms with Crippen molar-refractivity contribution in [1.29, 1.82) is 0 Å². The van der Waals surface area contributed by atoms with Crippen LogP contribution in [0, 0.1) is 13.8 Å². The fraction of sp³-hybridized carbons (Fsp3) is 0.250. The van der Waals surface area contributed by atoms with E-state index in [4.69, 9.17) is 0 Å². The minimum atomic E-state index is -4.50. The van der Waals surface area contributed by atoms with Crippen LogP contribution in [-0.2, 0) is 18.0 Å². The second-order valence-electron chi connectivity index (χ2n) is 5.22. The number of carbonyl (C=O) groups excluding carboxylic acids is 1. The van der Waals surface area contributed by atoms with Crippen LogP contribution >= 0.6 is 15.9 Å². The first-order valence-corrected chi connectivity index (χ1v) is 7.75. The maximum Gasteiger partial charge on any atom is 0.417 e. The first kappa shape index (κ1) is 18.3. The largest absolute Gasteiger partial charge is 0.417 e. The quantitative estimate of drug-likeness (QED) is 0.771. The molecular weight excluding hydrogens is 387 g/mol. The molecule has 24 heavy (non-hydrogen) atoms. The SMILES string of the molecule is Cc1nn(C)c(C)c1/C=C/C(=O)Nc1ccc(Br)c(C(F)(F)F)c1. The van der Waals surface area contributed by atoms with Gasteiger partial charge < -0.3 is 5.32 Å². The van der Waals surface area contributed by atoms with Gasteiger partial charge in [-0.3, -0.25) is 9.48 Å². The van der Waals surface area contributed by atoms with E-state index >= 15 is 0 Å². The fourth-order valence-electron chi connectivity index (χ4n) is 2.19. The Balaban J connectivity index is 2.17. The molecule has 2 rings (SSSR count). The van der Waals surface area contributed by atoms with E-state index in [9.17, 15) is 18.0 Å². The number of hydrogen-bond acceptors (Lipinski definition) is 2. The smallest absolute Gasteiger partial charge is 0.322 e. The lowest BCUT2D eigenvalue weighted by atomic mass is 10.1. The van der Waals surface area contributed by atoms with Crippen LogP contribution < -0.4 is 5.32 Å². The molecular formula is C16H15BrF3N3O. The summed E-state index contributed by atoms with van der Waals surface area (Å²) in [6.45, 7) is 3.68. The molecule has 8 heteroatoms. The second kappa shape index (κ2) is 6.80. The van der Waals surface area contributed by atoms with Crippen LogP contribution in [0.15, 0.2) is 28.7 Å². The van der Waals surface area contributed by atoms with Crippen molar-refractivity contribution in [3.8, 4) is 0 Å². The molecule has 0 aliphatic heterocycles. The number of rotatable bonds is 3. The molecule has 0 saturated heterocycles. The molecule has 1 amide bonds. The monoisotopic (exact) mass is 401 g/mol. The average Bonchev–Trinajstić information content (AvgIpc) is 2.71. The number of benzene rings is 1. The van der Waals surface area contributed by atoms with Gasteiger partial charge >= 0.3 is 6.18 Å². The summed E-state index contributed by atoms with van der Waals surface area (Å²) >= 11 is 2.86. The number of carbonyl (C=O) groups is 1. The van der Waals surface area contributed by atoms with Gasteiger partial charge in [0, 0.05) is 34.5 Å². The van der Waals surface area contributed by atoms with Gasteiger partial charge in [0.1, 0.15) is 0 Å². The summed E-state index contributed by atoms with van der Waals surface area (Å²) in [7, 11) is 1.79. The number of hydrogen-bond donors (Lipinski definition) is 1. The van der Waals surface area contributed by atoms with Crippen molar-refractivity contribution >= 4 is 33.6 Å². The molecule has 1 heterocycles. The van der Waals surface area contributed by atoms with Crippen molar-refractivity contribution in [1.82, 2.24) is 9.78 Å². The third-order valence-corrected chi connectivity index (χ3v) is 4.20.